The van der Waals surface area contributed by atoms with E-state index in [0.29, 0.717) is 26.2 Å². The van der Waals surface area contributed by atoms with Gasteiger partial charge in [-0.05, 0) is 19.1 Å². The zero-order valence-corrected chi connectivity index (χ0v) is 11.0. The number of morpholine rings is 1. The summed E-state index contributed by atoms with van der Waals surface area (Å²) in [6, 6.07) is 0. The van der Waals surface area contributed by atoms with Gasteiger partial charge in [0.05, 0.1) is 18.0 Å². The first-order valence-electron chi connectivity index (χ1n) is 5.51. The van der Waals surface area contributed by atoms with E-state index in [1.165, 1.54) is 11.9 Å². The Labute approximate surface area is 101 Å². The Bertz CT molecular complexity index is 330. The van der Waals surface area contributed by atoms with Crippen molar-refractivity contribution >= 4 is 22.0 Å². The average molecular weight is 266 g/mol. The Balaban J connectivity index is 1.90. The van der Waals surface area contributed by atoms with Gasteiger partial charge in [-0.1, -0.05) is 11.9 Å². The van der Waals surface area contributed by atoms with Crippen molar-refractivity contribution in [1.82, 2.24) is 9.03 Å². The number of nitrogens with one attached hydrogen (secondary N) is 1. The second-order valence-corrected chi connectivity index (χ2v) is 7.06. The molecule has 0 radical (unpaired) electrons. The highest BCUT2D eigenvalue weighted by Gasteiger charge is 2.41. The van der Waals surface area contributed by atoms with Crippen molar-refractivity contribution in [2.24, 2.45) is 0 Å². The summed E-state index contributed by atoms with van der Waals surface area (Å²) < 4.78 is 34.3. The van der Waals surface area contributed by atoms with Gasteiger partial charge in [0.2, 0.25) is 10.0 Å². The fourth-order valence-electron chi connectivity index (χ4n) is 1.80. The summed E-state index contributed by atoms with van der Waals surface area (Å²) in [6.07, 6.45) is 3.58. The zero-order valence-electron chi connectivity index (χ0n) is 9.39. The van der Waals surface area contributed by atoms with Gasteiger partial charge in [0.1, 0.15) is 0 Å². The first-order valence-corrected chi connectivity index (χ1v) is 8.24. The lowest BCUT2D eigenvalue weighted by atomic mass is 10.3. The molecule has 2 fully saturated rings. The van der Waals surface area contributed by atoms with Crippen molar-refractivity contribution in [2.75, 3.05) is 32.5 Å². The molecular formula is C9H18N2O3S2. The molecular weight excluding hydrogens is 248 g/mol. The van der Waals surface area contributed by atoms with Crippen LogP contribution in [0.15, 0.2) is 0 Å². The van der Waals surface area contributed by atoms with Crippen LogP contribution in [-0.4, -0.2) is 56.6 Å². The number of sulfonamides is 1. The van der Waals surface area contributed by atoms with E-state index in [2.05, 4.69) is 4.72 Å². The van der Waals surface area contributed by atoms with Crippen molar-refractivity contribution in [3.63, 3.8) is 0 Å². The highest BCUT2D eigenvalue weighted by atomic mass is 32.2. The van der Waals surface area contributed by atoms with E-state index >= 15 is 0 Å². The number of rotatable bonds is 5. The predicted molar refractivity (Wildman–Crippen MR) is 64.8 cm³/mol. The van der Waals surface area contributed by atoms with Crippen LogP contribution in [0.25, 0.3) is 0 Å². The molecule has 2 aliphatic rings. The van der Waals surface area contributed by atoms with Crippen LogP contribution in [0.2, 0.25) is 0 Å². The molecule has 0 aromatic rings. The fourth-order valence-corrected chi connectivity index (χ4v) is 4.01. The minimum Gasteiger partial charge on any atom is -0.374 e. The van der Waals surface area contributed by atoms with E-state index in [1.807, 2.05) is 6.26 Å². The molecule has 1 aliphatic heterocycles. The summed E-state index contributed by atoms with van der Waals surface area (Å²) >= 11 is 1.52. The SMILES string of the molecule is CSNCC1CN(S(=O)(=O)C2CC2)CCO1. The molecule has 94 valence electrons. The molecule has 1 aliphatic carbocycles. The predicted octanol–water partition coefficient (Wildman–Crippen LogP) is 0.0470. The molecule has 0 aromatic carbocycles. The largest absolute Gasteiger partial charge is 0.374 e. The van der Waals surface area contributed by atoms with E-state index in [0.717, 1.165) is 12.8 Å². The second-order valence-electron chi connectivity index (χ2n) is 4.15. The monoisotopic (exact) mass is 266 g/mol. The number of ether oxygens (including phenoxy) is 1. The molecule has 0 aromatic heterocycles. The van der Waals surface area contributed by atoms with Crippen LogP contribution in [0.4, 0.5) is 0 Å². The zero-order chi connectivity index (χ0) is 11.6. The molecule has 7 heteroatoms. The summed E-state index contributed by atoms with van der Waals surface area (Å²) in [7, 11) is -3.03. The summed E-state index contributed by atoms with van der Waals surface area (Å²) in [5.41, 5.74) is 0. The van der Waals surface area contributed by atoms with Crippen LogP contribution in [0.5, 0.6) is 0 Å². The van der Waals surface area contributed by atoms with Crippen LogP contribution in [0, 0.1) is 0 Å². The van der Waals surface area contributed by atoms with Gasteiger partial charge in [0, 0.05) is 19.6 Å². The summed E-state index contributed by atoms with van der Waals surface area (Å²) in [6.45, 7) is 2.20. The van der Waals surface area contributed by atoms with Crippen molar-refractivity contribution < 1.29 is 13.2 Å². The maximum absolute atomic E-state index is 12.0. The maximum Gasteiger partial charge on any atom is 0.217 e. The lowest BCUT2D eigenvalue weighted by molar-refractivity contribution is 0.00285. The van der Waals surface area contributed by atoms with Gasteiger partial charge < -0.3 is 4.74 Å². The summed E-state index contributed by atoms with van der Waals surface area (Å²) in [5, 5.41) is -0.111. The van der Waals surface area contributed by atoms with E-state index in [1.54, 1.807) is 4.31 Å². The van der Waals surface area contributed by atoms with Gasteiger partial charge in [0.25, 0.3) is 0 Å². The number of nitrogens with zero attached hydrogens (tertiary/aromatic N) is 1. The molecule has 0 amide bonds. The summed E-state index contributed by atoms with van der Waals surface area (Å²) in [4.78, 5) is 0. The van der Waals surface area contributed by atoms with Crippen LogP contribution in [-0.2, 0) is 14.8 Å². The molecule has 0 bridgehead atoms. The van der Waals surface area contributed by atoms with Crippen molar-refractivity contribution in [3.8, 4) is 0 Å². The standard InChI is InChI=1S/C9H18N2O3S2/c1-15-10-6-8-7-11(4-5-14-8)16(12,13)9-2-3-9/h8-10H,2-7H2,1H3. The molecule has 1 atom stereocenters. The molecule has 2 rings (SSSR count). The van der Waals surface area contributed by atoms with Gasteiger partial charge in [-0.3, -0.25) is 4.72 Å². The van der Waals surface area contributed by atoms with Crippen LogP contribution in [0.3, 0.4) is 0 Å². The van der Waals surface area contributed by atoms with E-state index in [4.69, 9.17) is 4.74 Å². The molecule has 5 nitrogen and oxygen atoms in total. The molecule has 0 spiro atoms. The van der Waals surface area contributed by atoms with Gasteiger partial charge in [0.15, 0.2) is 0 Å². The molecule has 1 unspecified atom stereocenters. The molecule has 16 heavy (non-hydrogen) atoms. The Hall–Kier alpha value is 0.180. The topological polar surface area (TPSA) is 58.6 Å². The van der Waals surface area contributed by atoms with Gasteiger partial charge in [-0.15, -0.1) is 0 Å². The second kappa shape index (κ2) is 5.22. The average Bonchev–Trinajstić information content (AvgIpc) is 3.11. The van der Waals surface area contributed by atoms with E-state index < -0.39 is 10.0 Å². The van der Waals surface area contributed by atoms with Gasteiger partial charge >= 0.3 is 0 Å². The summed E-state index contributed by atoms with van der Waals surface area (Å²) in [5.74, 6) is 0. The maximum atomic E-state index is 12.0. The van der Waals surface area contributed by atoms with Crippen molar-refractivity contribution in [3.05, 3.63) is 0 Å². The van der Waals surface area contributed by atoms with Crippen molar-refractivity contribution in [2.45, 2.75) is 24.2 Å². The lowest BCUT2D eigenvalue weighted by Gasteiger charge is -2.32. The fraction of sp³-hybridized carbons (Fsp3) is 1.00. The van der Waals surface area contributed by atoms with E-state index in [-0.39, 0.29) is 11.4 Å². The van der Waals surface area contributed by atoms with Crippen LogP contribution in [0.1, 0.15) is 12.8 Å². The smallest absolute Gasteiger partial charge is 0.217 e. The highest BCUT2D eigenvalue weighted by molar-refractivity contribution is 7.96. The lowest BCUT2D eigenvalue weighted by Crippen LogP contribution is -2.49. The normalized spacial score (nSPS) is 28.2. The number of hydrogen-bond acceptors (Lipinski definition) is 5. The van der Waals surface area contributed by atoms with Crippen LogP contribution >= 0.6 is 11.9 Å². The first kappa shape index (κ1) is 12.6. The Morgan fingerprint density at radius 1 is 1.50 bits per heavy atom. The Kier molecular flexibility index (Phi) is 4.12. The molecule has 1 heterocycles. The van der Waals surface area contributed by atoms with Crippen LogP contribution < -0.4 is 4.72 Å². The van der Waals surface area contributed by atoms with Gasteiger partial charge in [-0.2, -0.15) is 4.31 Å². The van der Waals surface area contributed by atoms with E-state index in [9.17, 15) is 8.42 Å². The minimum absolute atomic E-state index is 0.0188. The molecule has 1 saturated heterocycles. The number of hydrogen-bond donors (Lipinski definition) is 1. The third kappa shape index (κ3) is 2.89. The third-order valence-corrected chi connectivity index (χ3v) is 5.68. The molecule has 1 N–H and O–H groups in total. The van der Waals surface area contributed by atoms with Crippen molar-refractivity contribution in [1.29, 1.82) is 0 Å². The Morgan fingerprint density at radius 3 is 2.88 bits per heavy atom. The minimum atomic E-state index is -3.03. The molecule has 1 saturated carbocycles. The quantitative estimate of drug-likeness (QED) is 0.712. The first-order chi connectivity index (χ1) is 7.64. The Morgan fingerprint density at radius 2 is 2.25 bits per heavy atom. The van der Waals surface area contributed by atoms with Gasteiger partial charge in [-0.25, -0.2) is 8.42 Å². The third-order valence-electron chi connectivity index (χ3n) is 2.86. The highest BCUT2D eigenvalue weighted by Crippen LogP contribution is 2.31.